The summed E-state index contributed by atoms with van der Waals surface area (Å²) in [5, 5.41) is 0.0505. The summed E-state index contributed by atoms with van der Waals surface area (Å²) >= 11 is 6.07. The van der Waals surface area contributed by atoms with Gasteiger partial charge in [0.1, 0.15) is 0 Å². The Labute approximate surface area is 176 Å². The third-order valence-electron chi connectivity index (χ3n) is 4.60. The van der Waals surface area contributed by atoms with Crippen molar-refractivity contribution in [1.29, 1.82) is 0 Å². The number of hydrogen-bond acceptors (Lipinski definition) is 6. The number of amides is 1. The van der Waals surface area contributed by atoms with Crippen molar-refractivity contribution in [2.24, 2.45) is 0 Å². The summed E-state index contributed by atoms with van der Waals surface area (Å²) in [6.45, 7) is 8.15. The van der Waals surface area contributed by atoms with Gasteiger partial charge in [-0.2, -0.15) is 4.31 Å². The van der Waals surface area contributed by atoms with Crippen molar-refractivity contribution < 1.29 is 27.5 Å². The standard InChI is InChI=1S/C19H27ClN2O6S/c1-5-22(6-2)29(25,26)15-7-8-17(20)16(9-15)19(24)27-12-18(23)21-10-13(3)28-14(4)11-21/h7-9,13-14H,5-6,10-12H2,1-4H3. The van der Waals surface area contributed by atoms with E-state index in [1.54, 1.807) is 18.7 Å². The largest absolute Gasteiger partial charge is 0.452 e. The van der Waals surface area contributed by atoms with Gasteiger partial charge in [0, 0.05) is 26.2 Å². The van der Waals surface area contributed by atoms with E-state index in [2.05, 4.69) is 0 Å². The van der Waals surface area contributed by atoms with Crippen molar-refractivity contribution in [2.75, 3.05) is 32.8 Å². The third-order valence-corrected chi connectivity index (χ3v) is 6.98. The number of esters is 1. The number of halogens is 1. The van der Waals surface area contributed by atoms with Crippen LogP contribution in [0.1, 0.15) is 38.1 Å². The number of ether oxygens (including phenoxy) is 2. The summed E-state index contributed by atoms with van der Waals surface area (Å²) in [7, 11) is -3.76. The van der Waals surface area contributed by atoms with E-state index in [0.717, 1.165) is 0 Å². The lowest BCUT2D eigenvalue weighted by molar-refractivity contribution is -0.146. The molecule has 162 valence electrons. The van der Waals surface area contributed by atoms with Gasteiger partial charge >= 0.3 is 5.97 Å². The van der Waals surface area contributed by atoms with Crippen molar-refractivity contribution in [3.05, 3.63) is 28.8 Å². The van der Waals surface area contributed by atoms with Crippen LogP contribution in [0.3, 0.4) is 0 Å². The number of nitrogens with zero attached hydrogens (tertiary/aromatic N) is 2. The Bertz CT molecular complexity index is 846. The first-order valence-corrected chi connectivity index (χ1v) is 11.3. The van der Waals surface area contributed by atoms with E-state index >= 15 is 0 Å². The molecule has 0 bridgehead atoms. The third kappa shape index (κ3) is 5.69. The lowest BCUT2D eigenvalue weighted by Gasteiger charge is -2.35. The van der Waals surface area contributed by atoms with E-state index in [0.29, 0.717) is 26.2 Å². The van der Waals surface area contributed by atoms with Crippen LogP contribution in [0.4, 0.5) is 0 Å². The Hall–Kier alpha value is -1.68. The zero-order valence-electron chi connectivity index (χ0n) is 17.1. The van der Waals surface area contributed by atoms with Crippen LogP contribution in [0.2, 0.25) is 5.02 Å². The van der Waals surface area contributed by atoms with Gasteiger partial charge in [-0.15, -0.1) is 0 Å². The fourth-order valence-corrected chi connectivity index (χ4v) is 4.89. The molecule has 1 fully saturated rings. The lowest BCUT2D eigenvalue weighted by Crippen LogP contribution is -2.49. The second-order valence-electron chi connectivity index (χ2n) is 6.86. The van der Waals surface area contributed by atoms with Gasteiger partial charge in [-0.25, -0.2) is 13.2 Å². The fraction of sp³-hybridized carbons (Fsp3) is 0.579. The van der Waals surface area contributed by atoms with Gasteiger partial charge < -0.3 is 14.4 Å². The van der Waals surface area contributed by atoms with E-state index < -0.39 is 22.6 Å². The molecule has 29 heavy (non-hydrogen) atoms. The molecule has 1 saturated heterocycles. The lowest BCUT2D eigenvalue weighted by atomic mass is 10.2. The Morgan fingerprint density at radius 2 is 1.79 bits per heavy atom. The molecule has 1 aliphatic rings. The van der Waals surface area contributed by atoms with Crippen molar-refractivity contribution in [3.63, 3.8) is 0 Å². The molecule has 0 aromatic heterocycles. The summed E-state index contributed by atoms with van der Waals surface area (Å²) in [5.41, 5.74) is -0.101. The van der Waals surface area contributed by atoms with E-state index in [-0.39, 0.29) is 33.6 Å². The molecule has 0 radical (unpaired) electrons. The van der Waals surface area contributed by atoms with Crippen LogP contribution in [0.25, 0.3) is 0 Å². The monoisotopic (exact) mass is 446 g/mol. The molecular weight excluding hydrogens is 420 g/mol. The van der Waals surface area contributed by atoms with Crippen LogP contribution in [0, 0.1) is 0 Å². The normalized spacial score (nSPS) is 20.0. The van der Waals surface area contributed by atoms with E-state index in [1.807, 2.05) is 13.8 Å². The van der Waals surface area contributed by atoms with Crippen molar-refractivity contribution in [1.82, 2.24) is 9.21 Å². The number of rotatable bonds is 7. The summed E-state index contributed by atoms with van der Waals surface area (Å²) < 4.78 is 37.3. The molecule has 1 aliphatic heterocycles. The highest BCUT2D eigenvalue weighted by Crippen LogP contribution is 2.24. The number of hydrogen-bond donors (Lipinski definition) is 0. The topological polar surface area (TPSA) is 93.2 Å². The predicted octanol–water partition coefficient (Wildman–Crippen LogP) is 2.16. The highest BCUT2D eigenvalue weighted by Gasteiger charge is 2.28. The second kappa shape index (κ2) is 9.88. The second-order valence-corrected chi connectivity index (χ2v) is 9.21. The molecule has 0 aliphatic carbocycles. The van der Waals surface area contributed by atoms with Gasteiger partial charge in [0.05, 0.1) is 27.7 Å². The van der Waals surface area contributed by atoms with Gasteiger partial charge in [0.25, 0.3) is 5.91 Å². The first-order chi connectivity index (χ1) is 13.6. The maximum Gasteiger partial charge on any atom is 0.340 e. The summed E-state index contributed by atoms with van der Waals surface area (Å²) in [5.74, 6) is -1.20. The Morgan fingerprint density at radius 3 is 2.34 bits per heavy atom. The van der Waals surface area contributed by atoms with Crippen LogP contribution in [-0.2, 0) is 24.3 Å². The minimum atomic E-state index is -3.76. The first kappa shape index (κ1) is 23.6. The maximum absolute atomic E-state index is 12.7. The van der Waals surface area contributed by atoms with E-state index in [4.69, 9.17) is 21.1 Å². The minimum Gasteiger partial charge on any atom is -0.452 e. The molecule has 8 nitrogen and oxygen atoms in total. The minimum absolute atomic E-state index is 0.0505. The maximum atomic E-state index is 12.7. The van der Waals surface area contributed by atoms with Gasteiger partial charge in [0.2, 0.25) is 10.0 Å². The molecule has 2 unspecified atom stereocenters. The van der Waals surface area contributed by atoms with Crippen LogP contribution in [-0.4, -0.2) is 74.5 Å². The van der Waals surface area contributed by atoms with Crippen molar-refractivity contribution in [2.45, 2.75) is 44.8 Å². The Balaban J connectivity index is 2.12. The number of carbonyl (C=O) groups is 2. The van der Waals surface area contributed by atoms with Crippen molar-refractivity contribution >= 4 is 33.5 Å². The molecule has 0 N–H and O–H groups in total. The van der Waals surface area contributed by atoms with Crippen LogP contribution in [0.5, 0.6) is 0 Å². The fourth-order valence-electron chi connectivity index (χ4n) is 3.21. The van der Waals surface area contributed by atoms with Gasteiger partial charge in [0.15, 0.2) is 6.61 Å². The number of benzene rings is 1. The number of carbonyl (C=O) groups excluding carboxylic acids is 2. The molecule has 2 atom stereocenters. The molecular formula is C19H27ClN2O6S. The predicted molar refractivity (Wildman–Crippen MR) is 108 cm³/mol. The number of morpholine rings is 1. The van der Waals surface area contributed by atoms with Crippen molar-refractivity contribution in [3.8, 4) is 0 Å². The molecule has 0 spiro atoms. The quantitative estimate of drug-likeness (QED) is 0.596. The average molecular weight is 447 g/mol. The highest BCUT2D eigenvalue weighted by molar-refractivity contribution is 7.89. The zero-order chi connectivity index (χ0) is 21.8. The SMILES string of the molecule is CCN(CC)S(=O)(=O)c1ccc(Cl)c(C(=O)OCC(=O)N2CC(C)OC(C)C2)c1. The number of sulfonamides is 1. The molecule has 1 heterocycles. The molecule has 1 aromatic carbocycles. The first-order valence-electron chi connectivity index (χ1n) is 9.50. The molecule has 0 saturated carbocycles. The highest BCUT2D eigenvalue weighted by atomic mass is 35.5. The van der Waals surface area contributed by atoms with Gasteiger partial charge in [-0.1, -0.05) is 25.4 Å². The van der Waals surface area contributed by atoms with E-state index in [9.17, 15) is 18.0 Å². The summed E-state index contributed by atoms with van der Waals surface area (Å²) in [6.07, 6.45) is -0.204. The molecule has 1 aromatic rings. The summed E-state index contributed by atoms with van der Waals surface area (Å²) in [6, 6.07) is 3.86. The zero-order valence-corrected chi connectivity index (χ0v) is 18.6. The molecule has 10 heteroatoms. The van der Waals surface area contributed by atoms with E-state index in [1.165, 1.54) is 22.5 Å². The van der Waals surface area contributed by atoms with Gasteiger partial charge in [-0.05, 0) is 32.0 Å². The Morgan fingerprint density at radius 1 is 1.21 bits per heavy atom. The van der Waals surface area contributed by atoms with Crippen LogP contribution in [0.15, 0.2) is 23.1 Å². The smallest absolute Gasteiger partial charge is 0.340 e. The summed E-state index contributed by atoms with van der Waals surface area (Å²) in [4.78, 5) is 26.3. The molecule has 2 rings (SSSR count). The molecule has 1 amide bonds. The average Bonchev–Trinajstić information content (AvgIpc) is 2.66. The van der Waals surface area contributed by atoms with Crippen LogP contribution < -0.4 is 0 Å². The van der Waals surface area contributed by atoms with Crippen LogP contribution >= 0.6 is 11.6 Å². The van der Waals surface area contributed by atoms with Gasteiger partial charge in [-0.3, -0.25) is 4.79 Å². The Kier molecular flexibility index (Phi) is 8.04.